The van der Waals surface area contributed by atoms with Gasteiger partial charge in [-0.2, -0.15) is 8.78 Å². The number of halogens is 2. The van der Waals surface area contributed by atoms with E-state index in [2.05, 4.69) is 23.9 Å². The molecule has 1 aliphatic rings. The lowest BCUT2D eigenvalue weighted by Crippen LogP contribution is -2.29. The third kappa shape index (κ3) is 4.14. The van der Waals surface area contributed by atoms with E-state index in [0.717, 1.165) is 12.1 Å². The molecule has 2 rings (SSSR count). The minimum absolute atomic E-state index is 0.0752. The number of hydrogen-bond donors (Lipinski definition) is 1. The third-order valence-corrected chi connectivity index (χ3v) is 3.06. The Labute approximate surface area is 111 Å². The highest BCUT2D eigenvalue weighted by molar-refractivity contribution is 5.30. The number of alkyl halides is 2. The minimum atomic E-state index is -2.80. The van der Waals surface area contributed by atoms with E-state index in [-0.39, 0.29) is 17.3 Å². The summed E-state index contributed by atoms with van der Waals surface area (Å²) < 4.78 is 34.7. The van der Waals surface area contributed by atoms with Gasteiger partial charge in [-0.25, -0.2) is 0 Å². The van der Waals surface area contributed by atoms with E-state index < -0.39 is 6.61 Å². The first kappa shape index (κ1) is 14.2. The van der Waals surface area contributed by atoms with Gasteiger partial charge < -0.3 is 14.8 Å². The lowest BCUT2D eigenvalue weighted by Gasteiger charge is -2.21. The van der Waals surface area contributed by atoms with E-state index >= 15 is 0 Å². The molecule has 1 N–H and O–H groups in total. The molecule has 0 saturated carbocycles. The zero-order chi connectivity index (χ0) is 13.9. The van der Waals surface area contributed by atoms with Crippen molar-refractivity contribution in [2.45, 2.75) is 26.6 Å². The van der Waals surface area contributed by atoms with Crippen molar-refractivity contribution in [1.29, 1.82) is 0 Å². The maximum absolute atomic E-state index is 12.2. The van der Waals surface area contributed by atoms with Crippen molar-refractivity contribution in [3.63, 3.8) is 0 Å². The second-order valence-electron chi connectivity index (χ2n) is 5.55. The van der Waals surface area contributed by atoms with Crippen molar-refractivity contribution in [3.05, 3.63) is 29.8 Å². The summed E-state index contributed by atoms with van der Waals surface area (Å²) in [5.74, 6) is 0.166. The maximum Gasteiger partial charge on any atom is 0.387 e. The van der Waals surface area contributed by atoms with Crippen LogP contribution in [0.5, 0.6) is 5.75 Å². The molecule has 1 saturated heterocycles. The van der Waals surface area contributed by atoms with Crippen LogP contribution in [0.15, 0.2) is 24.3 Å². The second kappa shape index (κ2) is 5.84. The van der Waals surface area contributed by atoms with Crippen LogP contribution in [-0.2, 0) is 4.74 Å². The van der Waals surface area contributed by atoms with Crippen molar-refractivity contribution >= 4 is 0 Å². The summed E-state index contributed by atoms with van der Waals surface area (Å²) in [7, 11) is 0. The van der Waals surface area contributed by atoms with Crippen molar-refractivity contribution in [2.24, 2.45) is 5.41 Å². The smallest absolute Gasteiger partial charge is 0.387 e. The summed E-state index contributed by atoms with van der Waals surface area (Å²) in [5.41, 5.74) is 0.926. The molecular formula is C14H19F2NO2. The standard InChI is InChI=1S/C14H19F2NO2/c1-14(2)8-17-7-12(18-9-14)10-4-3-5-11(6-10)19-13(15)16/h3-6,12-13,17H,7-9H2,1-2H3. The van der Waals surface area contributed by atoms with Crippen LogP contribution in [0.4, 0.5) is 8.78 Å². The van der Waals surface area contributed by atoms with E-state index in [4.69, 9.17) is 4.74 Å². The summed E-state index contributed by atoms with van der Waals surface area (Å²) in [5, 5.41) is 3.33. The van der Waals surface area contributed by atoms with Crippen LogP contribution >= 0.6 is 0 Å². The monoisotopic (exact) mass is 271 g/mol. The predicted octanol–water partition coefficient (Wildman–Crippen LogP) is 2.98. The van der Waals surface area contributed by atoms with Gasteiger partial charge in [-0.15, -0.1) is 0 Å². The van der Waals surface area contributed by atoms with E-state index in [1.54, 1.807) is 12.1 Å². The highest BCUT2D eigenvalue weighted by Crippen LogP contribution is 2.27. The molecule has 1 atom stereocenters. The van der Waals surface area contributed by atoms with Crippen molar-refractivity contribution in [3.8, 4) is 5.75 Å². The number of rotatable bonds is 3. The quantitative estimate of drug-likeness (QED) is 0.916. The van der Waals surface area contributed by atoms with Crippen LogP contribution in [-0.4, -0.2) is 26.3 Å². The average molecular weight is 271 g/mol. The van der Waals surface area contributed by atoms with Crippen LogP contribution in [0.2, 0.25) is 0 Å². The Morgan fingerprint density at radius 3 is 2.95 bits per heavy atom. The van der Waals surface area contributed by atoms with Crippen LogP contribution in [0.1, 0.15) is 25.5 Å². The van der Waals surface area contributed by atoms with Gasteiger partial charge in [0.1, 0.15) is 5.75 Å². The number of nitrogens with one attached hydrogen (secondary N) is 1. The fraction of sp³-hybridized carbons (Fsp3) is 0.571. The molecular weight excluding hydrogens is 252 g/mol. The number of ether oxygens (including phenoxy) is 2. The van der Waals surface area contributed by atoms with Gasteiger partial charge in [0.15, 0.2) is 0 Å². The molecule has 106 valence electrons. The normalized spacial score (nSPS) is 23.1. The molecule has 1 fully saturated rings. The Balaban J connectivity index is 2.08. The van der Waals surface area contributed by atoms with Gasteiger partial charge in [0.05, 0.1) is 12.7 Å². The van der Waals surface area contributed by atoms with E-state index in [1.807, 2.05) is 6.07 Å². The van der Waals surface area contributed by atoms with Gasteiger partial charge in [0.2, 0.25) is 0 Å². The third-order valence-electron chi connectivity index (χ3n) is 3.06. The van der Waals surface area contributed by atoms with Crippen LogP contribution in [0.3, 0.4) is 0 Å². The van der Waals surface area contributed by atoms with Crippen LogP contribution < -0.4 is 10.1 Å². The topological polar surface area (TPSA) is 30.5 Å². The summed E-state index contributed by atoms with van der Waals surface area (Å²) >= 11 is 0. The van der Waals surface area contributed by atoms with Crippen LogP contribution in [0, 0.1) is 5.41 Å². The van der Waals surface area contributed by atoms with Gasteiger partial charge >= 0.3 is 6.61 Å². The molecule has 5 heteroatoms. The fourth-order valence-electron chi connectivity index (χ4n) is 2.08. The highest BCUT2D eigenvalue weighted by Gasteiger charge is 2.25. The average Bonchev–Trinajstić information content (AvgIpc) is 2.50. The summed E-state index contributed by atoms with van der Waals surface area (Å²) in [6, 6.07) is 6.69. The Hall–Kier alpha value is -1.20. The van der Waals surface area contributed by atoms with E-state index in [9.17, 15) is 8.78 Å². The maximum atomic E-state index is 12.2. The van der Waals surface area contributed by atoms with Crippen molar-refractivity contribution < 1.29 is 18.3 Å². The van der Waals surface area contributed by atoms with Gasteiger partial charge in [0, 0.05) is 18.5 Å². The molecule has 0 spiro atoms. The lowest BCUT2D eigenvalue weighted by molar-refractivity contribution is -0.0501. The Kier molecular flexibility index (Phi) is 4.37. The van der Waals surface area contributed by atoms with Gasteiger partial charge in [-0.3, -0.25) is 0 Å². The molecule has 0 aliphatic carbocycles. The molecule has 1 aliphatic heterocycles. The Morgan fingerprint density at radius 2 is 2.21 bits per heavy atom. The highest BCUT2D eigenvalue weighted by atomic mass is 19.3. The second-order valence-corrected chi connectivity index (χ2v) is 5.55. The first-order chi connectivity index (χ1) is 8.96. The number of hydrogen-bond acceptors (Lipinski definition) is 3. The van der Waals surface area contributed by atoms with Gasteiger partial charge in [-0.05, 0) is 17.7 Å². The molecule has 1 heterocycles. The Morgan fingerprint density at radius 1 is 1.42 bits per heavy atom. The van der Waals surface area contributed by atoms with Crippen molar-refractivity contribution in [2.75, 3.05) is 19.7 Å². The molecule has 0 radical (unpaired) electrons. The van der Waals surface area contributed by atoms with E-state index in [0.29, 0.717) is 13.2 Å². The summed E-state index contributed by atoms with van der Waals surface area (Å²) in [6.07, 6.45) is -0.136. The zero-order valence-corrected chi connectivity index (χ0v) is 11.2. The molecule has 1 aromatic carbocycles. The summed E-state index contributed by atoms with van der Waals surface area (Å²) in [6.45, 7) is 3.61. The Bertz CT molecular complexity index is 424. The largest absolute Gasteiger partial charge is 0.435 e. The molecule has 0 aromatic heterocycles. The molecule has 19 heavy (non-hydrogen) atoms. The van der Waals surface area contributed by atoms with Crippen molar-refractivity contribution in [1.82, 2.24) is 5.32 Å². The summed E-state index contributed by atoms with van der Waals surface area (Å²) in [4.78, 5) is 0. The molecule has 1 aromatic rings. The van der Waals surface area contributed by atoms with Gasteiger partial charge in [0.25, 0.3) is 0 Å². The molecule has 1 unspecified atom stereocenters. The number of benzene rings is 1. The van der Waals surface area contributed by atoms with Crippen LogP contribution in [0.25, 0.3) is 0 Å². The first-order valence-corrected chi connectivity index (χ1v) is 6.33. The predicted molar refractivity (Wildman–Crippen MR) is 68.4 cm³/mol. The minimum Gasteiger partial charge on any atom is -0.435 e. The molecule has 3 nitrogen and oxygen atoms in total. The van der Waals surface area contributed by atoms with E-state index in [1.165, 1.54) is 6.07 Å². The molecule has 0 amide bonds. The SMILES string of the molecule is CC1(C)CNCC(c2cccc(OC(F)F)c2)OC1. The lowest BCUT2D eigenvalue weighted by atomic mass is 9.95. The first-order valence-electron chi connectivity index (χ1n) is 6.33. The zero-order valence-electron chi connectivity index (χ0n) is 11.2. The fourth-order valence-corrected chi connectivity index (χ4v) is 2.08. The molecule has 0 bridgehead atoms. The van der Waals surface area contributed by atoms with Gasteiger partial charge in [-0.1, -0.05) is 26.0 Å².